The Balaban J connectivity index is 1.60. The molecule has 242 valence electrons. The summed E-state index contributed by atoms with van der Waals surface area (Å²) in [6, 6.07) is 2.64. The lowest BCUT2D eigenvalue weighted by Gasteiger charge is -2.31. The first kappa shape index (κ1) is 32.6. The number of ether oxygens (including phenoxy) is 2. The number of hydrogen-bond donors (Lipinski definition) is 4. The Hall–Kier alpha value is -4.75. The van der Waals surface area contributed by atoms with Crippen LogP contribution in [0.3, 0.4) is 0 Å². The number of thiophene rings is 1. The highest BCUT2D eigenvalue weighted by molar-refractivity contribution is 7.16. The summed E-state index contributed by atoms with van der Waals surface area (Å²) in [5.74, 6) is 1.25. The summed E-state index contributed by atoms with van der Waals surface area (Å²) in [7, 11) is 1.42. The minimum Gasteiger partial charge on any atom is -0.481 e. The van der Waals surface area contributed by atoms with Crippen LogP contribution in [0.1, 0.15) is 55.8 Å². The first-order valence-electron chi connectivity index (χ1n) is 14.3. The van der Waals surface area contributed by atoms with Crippen LogP contribution in [0.25, 0.3) is 11.2 Å². The van der Waals surface area contributed by atoms with Crippen molar-refractivity contribution in [1.82, 2.24) is 24.8 Å². The van der Waals surface area contributed by atoms with E-state index in [0.29, 0.717) is 32.7 Å². The molecule has 5 atom stereocenters. The molecule has 17 heteroatoms. The van der Waals surface area contributed by atoms with Crippen molar-refractivity contribution in [3.8, 4) is 11.8 Å². The van der Waals surface area contributed by atoms with Crippen LogP contribution < -0.4 is 10.6 Å². The van der Waals surface area contributed by atoms with Crippen LogP contribution in [-0.2, 0) is 33.4 Å². The molecule has 0 radical (unpaired) electrons. The van der Waals surface area contributed by atoms with E-state index in [0.717, 1.165) is 0 Å². The number of fused-ring (bicyclic) bond motifs is 2. The Morgan fingerprint density at radius 3 is 2.37 bits per heavy atom. The van der Waals surface area contributed by atoms with Crippen molar-refractivity contribution in [3.05, 3.63) is 33.5 Å². The third-order valence-corrected chi connectivity index (χ3v) is 8.98. The molecule has 0 spiro atoms. The summed E-state index contributed by atoms with van der Waals surface area (Å²) in [5.41, 5.74) is -0.646. The van der Waals surface area contributed by atoms with Gasteiger partial charge < -0.3 is 34.9 Å². The van der Waals surface area contributed by atoms with Gasteiger partial charge in [0.2, 0.25) is 11.7 Å². The molecule has 1 amide bonds. The van der Waals surface area contributed by atoms with Crippen molar-refractivity contribution >= 4 is 69.7 Å². The number of aromatic nitrogens is 4. The lowest BCUT2D eigenvalue weighted by molar-refractivity contribution is -0.175. The Bertz CT molecular complexity index is 1780. The van der Waals surface area contributed by atoms with Gasteiger partial charge in [-0.25, -0.2) is 15.0 Å². The molecule has 2 aliphatic rings. The maximum atomic E-state index is 13.4. The Kier molecular flexibility index (Phi) is 9.44. The first-order valence-corrected chi connectivity index (χ1v) is 15.5. The normalized spacial score (nSPS) is 22.7. The number of hydrogen-bond acceptors (Lipinski definition) is 12. The minimum absolute atomic E-state index is 0.146. The zero-order valence-corrected chi connectivity index (χ0v) is 26.2. The van der Waals surface area contributed by atoms with Gasteiger partial charge in [-0.15, -0.1) is 11.3 Å². The molecule has 15 nitrogen and oxygen atoms in total. The SMILES string of the molecule is CCNc1nc(C#Cc2ccc(Cl)s2)nc2c1ncn2C1C(OC(=O)CCC(=O)O)C(OC(=O)CCC(=O)O)C2(C(=O)NC)CC12. The van der Waals surface area contributed by atoms with Crippen molar-refractivity contribution in [1.29, 1.82) is 0 Å². The topological polar surface area (TPSA) is 212 Å². The number of halogens is 1. The number of imidazole rings is 1. The maximum absolute atomic E-state index is 13.4. The quantitative estimate of drug-likeness (QED) is 0.161. The number of amides is 1. The standard InChI is InChI=1S/C29H29ClN6O9S/c1-3-32-26-22-27(35-17(34-26)7-5-14-4-6-16(30)46-14)36(13-33-22)23-15-12-29(15,28(43)31-2)25(45-21(42)11-9-19(39)40)24(23)44-20(41)10-8-18(37)38/h4,6,13,15,23-25H,3,8-12H2,1-2H3,(H,31,43)(H,37,38)(H,39,40)(H,32,34,35). The molecule has 3 aromatic rings. The van der Waals surface area contributed by atoms with E-state index < -0.39 is 85.1 Å². The number of rotatable bonds is 12. The minimum atomic E-state index is -1.31. The lowest BCUT2D eigenvalue weighted by Crippen LogP contribution is -2.46. The summed E-state index contributed by atoms with van der Waals surface area (Å²) < 4.78 is 13.7. The van der Waals surface area contributed by atoms with Crippen LogP contribution in [0.5, 0.6) is 0 Å². The molecule has 0 bridgehead atoms. The van der Waals surface area contributed by atoms with E-state index >= 15 is 0 Å². The summed E-state index contributed by atoms with van der Waals surface area (Å²) in [5, 5.41) is 23.9. The molecular weight excluding hydrogens is 644 g/mol. The molecule has 2 saturated carbocycles. The molecule has 2 aliphatic carbocycles. The highest BCUT2D eigenvalue weighted by Crippen LogP contribution is 2.69. The number of carbonyl (C=O) groups is 5. The van der Waals surface area contributed by atoms with Crippen molar-refractivity contribution in [2.75, 3.05) is 18.9 Å². The van der Waals surface area contributed by atoms with E-state index in [1.54, 1.807) is 16.7 Å². The fraction of sp³-hybridized carbons (Fsp3) is 0.448. The molecule has 46 heavy (non-hydrogen) atoms. The molecule has 5 unspecified atom stereocenters. The van der Waals surface area contributed by atoms with Gasteiger partial charge >= 0.3 is 23.9 Å². The molecule has 0 saturated heterocycles. The Morgan fingerprint density at radius 2 is 1.76 bits per heavy atom. The van der Waals surface area contributed by atoms with Crippen LogP contribution in [-0.4, -0.2) is 85.3 Å². The number of anilines is 1. The van der Waals surface area contributed by atoms with E-state index in [9.17, 15) is 24.0 Å². The number of nitrogens with one attached hydrogen (secondary N) is 2. The number of nitrogens with zero attached hydrogens (tertiary/aromatic N) is 4. The smallest absolute Gasteiger partial charge is 0.306 e. The van der Waals surface area contributed by atoms with E-state index in [-0.39, 0.29) is 12.2 Å². The molecule has 3 heterocycles. The fourth-order valence-corrected chi connectivity index (χ4v) is 6.74. The van der Waals surface area contributed by atoms with Crippen LogP contribution in [0.2, 0.25) is 4.34 Å². The largest absolute Gasteiger partial charge is 0.481 e. The van der Waals surface area contributed by atoms with Gasteiger partial charge in [-0.05, 0) is 37.3 Å². The summed E-state index contributed by atoms with van der Waals surface area (Å²) in [6.07, 6.45) is -2.85. The number of carbonyl (C=O) groups excluding carboxylic acids is 3. The van der Waals surface area contributed by atoms with E-state index in [1.165, 1.54) is 24.7 Å². The third-order valence-electron chi connectivity index (χ3n) is 7.83. The van der Waals surface area contributed by atoms with Gasteiger partial charge in [0.15, 0.2) is 29.2 Å². The highest BCUT2D eigenvalue weighted by Gasteiger charge is 2.78. The molecule has 2 fully saturated rings. The Labute approximate surface area is 270 Å². The number of carboxylic acids is 2. The molecule has 4 N–H and O–H groups in total. The predicted octanol–water partition coefficient (Wildman–Crippen LogP) is 2.23. The average molecular weight is 673 g/mol. The van der Waals surface area contributed by atoms with Crippen LogP contribution in [0.15, 0.2) is 18.5 Å². The molecular formula is C29H29ClN6O9S. The van der Waals surface area contributed by atoms with Gasteiger partial charge in [-0.3, -0.25) is 24.0 Å². The highest BCUT2D eigenvalue weighted by atomic mass is 35.5. The van der Waals surface area contributed by atoms with E-state index in [1.807, 2.05) is 6.92 Å². The summed E-state index contributed by atoms with van der Waals surface area (Å²) in [4.78, 5) is 75.7. The molecule has 0 aromatic carbocycles. The van der Waals surface area contributed by atoms with Gasteiger partial charge in [-0.2, -0.15) is 0 Å². The number of carboxylic acid groups (broad SMARTS) is 2. The second-order valence-corrected chi connectivity index (χ2v) is 12.4. The Morgan fingerprint density at radius 1 is 1.07 bits per heavy atom. The van der Waals surface area contributed by atoms with Gasteiger partial charge in [0.05, 0.1) is 52.7 Å². The summed E-state index contributed by atoms with van der Waals surface area (Å²) >= 11 is 7.32. The zero-order chi connectivity index (χ0) is 33.2. The van der Waals surface area contributed by atoms with Crippen molar-refractivity contribution in [2.24, 2.45) is 11.3 Å². The van der Waals surface area contributed by atoms with E-state index in [2.05, 4.69) is 37.4 Å². The average Bonchev–Trinajstić information content (AvgIpc) is 3.24. The lowest BCUT2D eigenvalue weighted by atomic mass is 9.97. The predicted molar refractivity (Wildman–Crippen MR) is 162 cm³/mol. The molecule has 3 aromatic heterocycles. The van der Waals surface area contributed by atoms with Crippen molar-refractivity contribution in [2.45, 2.75) is 57.3 Å². The van der Waals surface area contributed by atoms with Gasteiger partial charge in [-0.1, -0.05) is 11.6 Å². The van der Waals surface area contributed by atoms with Gasteiger partial charge in [0, 0.05) is 19.5 Å². The summed E-state index contributed by atoms with van der Waals surface area (Å²) in [6.45, 7) is 2.37. The van der Waals surface area contributed by atoms with Crippen molar-refractivity contribution < 1.29 is 43.7 Å². The fourth-order valence-electron chi connectivity index (χ4n) is 5.85. The zero-order valence-electron chi connectivity index (χ0n) is 24.6. The van der Waals surface area contributed by atoms with E-state index in [4.69, 9.17) is 31.3 Å². The molecule has 5 rings (SSSR count). The second-order valence-electron chi connectivity index (χ2n) is 10.7. The van der Waals surface area contributed by atoms with Crippen LogP contribution >= 0.6 is 22.9 Å². The maximum Gasteiger partial charge on any atom is 0.306 e. The van der Waals surface area contributed by atoms with Crippen molar-refractivity contribution in [3.63, 3.8) is 0 Å². The monoisotopic (exact) mass is 672 g/mol. The van der Waals surface area contributed by atoms with Gasteiger partial charge in [0.25, 0.3) is 0 Å². The van der Waals surface area contributed by atoms with Crippen LogP contribution in [0, 0.1) is 23.2 Å². The van der Waals surface area contributed by atoms with Gasteiger partial charge in [0.1, 0.15) is 0 Å². The second kappa shape index (κ2) is 13.3. The number of aliphatic carboxylic acids is 2. The molecule has 0 aliphatic heterocycles. The third kappa shape index (κ3) is 6.46. The number of esters is 2. The van der Waals surface area contributed by atoms with Crippen LogP contribution in [0.4, 0.5) is 5.82 Å². The first-order chi connectivity index (χ1) is 22.0.